The lowest BCUT2D eigenvalue weighted by Gasteiger charge is -2.48. The number of carbonyl (C=O) groups is 1. The molecule has 0 radical (unpaired) electrons. The summed E-state index contributed by atoms with van der Waals surface area (Å²) in [4.78, 5) is 13.6. The van der Waals surface area contributed by atoms with Crippen LogP contribution in [0.5, 0.6) is 0 Å². The van der Waals surface area contributed by atoms with Gasteiger partial charge in [0.05, 0.1) is 38.6 Å². The number of aliphatic hydroxyl groups excluding tert-OH is 11. The first-order valence-electron chi connectivity index (χ1n) is 49.4. The fraction of sp³-hybridized carbons (Fsp3) is 0.969. The van der Waals surface area contributed by atoms with Crippen molar-refractivity contribution in [3.05, 3.63) is 12.2 Å². The average molecular weight is 1640 g/mol. The molecule has 19 heteroatoms. The first kappa shape index (κ1) is 108. The van der Waals surface area contributed by atoms with Gasteiger partial charge in [-0.25, -0.2) is 0 Å². The second-order valence-electron chi connectivity index (χ2n) is 35.6. The molecule has 0 aromatic heterocycles. The lowest BCUT2D eigenvalue weighted by molar-refractivity contribution is -0.379. The van der Waals surface area contributed by atoms with E-state index in [9.17, 15) is 61.0 Å². The summed E-state index contributed by atoms with van der Waals surface area (Å²) in [5.41, 5.74) is 0. The number of nitrogens with one attached hydrogen (secondary N) is 1. The molecule has 115 heavy (non-hydrogen) atoms. The maximum absolute atomic E-state index is 13.6. The zero-order valence-electron chi connectivity index (χ0n) is 74.1. The number of ether oxygens (including phenoxy) is 6. The van der Waals surface area contributed by atoms with Gasteiger partial charge in [0.25, 0.3) is 0 Å². The third-order valence-electron chi connectivity index (χ3n) is 25.1. The third kappa shape index (κ3) is 54.0. The number of hydrogen-bond acceptors (Lipinski definition) is 18. The molecule has 0 bridgehead atoms. The van der Waals surface area contributed by atoms with Gasteiger partial charge < -0.3 is 89.9 Å². The van der Waals surface area contributed by atoms with Crippen LogP contribution in [0.1, 0.15) is 463 Å². The van der Waals surface area contributed by atoms with E-state index in [1.54, 1.807) is 6.08 Å². The Morgan fingerprint density at radius 2 is 0.539 bits per heavy atom. The fourth-order valence-corrected chi connectivity index (χ4v) is 17.3. The molecule has 17 atom stereocenters. The van der Waals surface area contributed by atoms with Crippen molar-refractivity contribution >= 4 is 5.91 Å². The number of allylic oxidation sites excluding steroid dienone is 1. The predicted molar refractivity (Wildman–Crippen MR) is 467 cm³/mol. The summed E-state index contributed by atoms with van der Waals surface area (Å²) < 4.78 is 34.6. The third-order valence-corrected chi connectivity index (χ3v) is 25.1. The second kappa shape index (κ2) is 76.2. The Balaban J connectivity index is 1.29. The molecule has 3 fully saturated rings. The highest BCUT2D eigenvalue weighted by atomic mass is 16.8. The molecular formula is C96H185NO18. The largest absolute Gasteiger partial charge is 0.394 e. The van der Waals surface area contributed by atoms with E-state index in [-0.39, 0.29) is 18.9 Å². The Hall–Kier alpha value is -1.47. The highest BCUT2D eigenvalue weighted by molar-refractivity contribution is 5.76. The summed E-state index contributed by atoms with van der Waals surface area (Å²) in [5, 5.41) is 121. The van der Waals surface area contributed by atoms with Gasteiger partial charge in [0.2, 0.25) is 5.91 Å². The van der Waals surface area contributed by atoms with Crippen LogP contribution in [0.25, 0.3) is 0 Å². The van der Waals surface area contributed by atoms with Gasteiger partial charge in [0.15, 0.2) is 18.9 Å². The van der Waals surface area contributed by atoms with E-state index < -0.39 is 124 Å². The number of carbonyl (C=O) groups excluding carboxylic acids is 1. The van der Waals surface area contributed by atoms with E-state index in [4.69, 9.17) is 28.4 Å². The molecule has 0 aliphatic carbocycles. The van der Waals surface area contributed by atoms with E-state index in [1.165, 1.54) is 392 Å². The van der Waals surface area contributed by atoms with Gasteiger partial charge in [0.1, 0.15) is 73.2 Å². The smallest absolute Gasteiger partial charge is 0.220 e. The zero-order valence-corrected chi connectivity index (χ0v) is 74.1. The quantitative estimate of drug-likeness (QED) is 0.0199. The van der Waals surface area contributed by atoms with Crippen molar-refractivity contribution in [2.24, 2.45) is 0 Å². The Bertz CT molecular complexity index is 2110. The molecule has 19 nitrogen and oxygen atoms in total. The highest BCUT2D eigenvalue weighted by Crippen LogP contribution is 2.34. The van der Waals surface area contributed by atoms with Gasteiger partial charge in [-0.05, 0) is 19.3 Å². The lowest BCUT2D eigenvalue weighted by atomic mass is 9.96. The summed E-state index contributed by atoms with van der Waals surface area (Å²) >= 11 is 0. The summed E-state index contributed by atoms with van der Waals surface area (Å²) in [5.74, 6) is -0.263. The molecule has 0 aromatic rings. The first-order valence-corrected chi connectivity index (χ1v) is 49.4. The topological polar surface area (TPSA) is 307 Å². The maximum atomic E-state index is 13.6. The molecule has 682 valence electrons. The van der Waals surface area contributed by atoms with E-state index in [2.05, 4.69) is 19.2 Å². The second-order valence-corrected chi connectivity index (χ2v) is 35.6. The Morgan fingerprint density at radius 3 is 0.817 bits per heavy atom. The number of rotatable bonds is 83. The van der Waals surface area contributed by atoms with Gasteiger partial charge in [-0.15, -0.1) is 0 Å². The van der Waals surface area contributed by atoms with E-state index in [1.807, 2.05) is 6.08 Å². The SMILES string of the molecule is CCCCCCCCCCCCCCCCCCCCCCCCCCCCCCCCC/C=C/C(O)C(COC1OC(CO)C(OC2OC(CO)C(OC3OC(CO)C(O)C(O)C3O)C(O)C2O)C(O)C1O)NC(=O)CCCCCCCCCCCCCCCCCCCCCCCCCCCCCCCCCCCCCCC. The van der Waals surface area contributed by atoms with Crippen molar-refractivity contribution in [3.8, 4) is 0 Å². The molecule has 3 heterocycles. The summed E-state index contributed by atoms with van der Waals surface area (Å²) in [6, 6.07) is -0.972. The molecule has 0 saturated carbocycles. The summed E-state index contributed by atoms with van der Waals surface area (Å²) in [6.45, 7) is 1.83. The first-order chi connectivity index (χ1) is 56.3. The lowest BCUT2D eigenvalue weighted by Crippen LogP contribution is -2.66. The molecule has 3 rings (SSSR count). The van der Waals surface area contributed by atoms with Crippen LogP contribution in [-0.4, -0.2) is 193 Å². The predicted octanol–water partition coefficient (Wildman–Crippen LogP) is 20.2. The fourth-order valence-electron chi connectivity index (χ4n) is 17.3. The molecule has 17 unspecified atom stereocenters. The van der Waals surface area contributed by atoms with Crippen LogP contribution in [0.4, 0.5) is 0 Å². The van der Waals surface area contributed by atoms with Gasteiger partial charge in [-0.3, -0.25) is 4.79 Å². The van der Waals surface area contributed by atoms with Crippen molar-refractivity contribution in [2.75, 3.05) is 26.4 Å². The summed E-state index contributed by atoms with van der Waals surface area (Å²) in [7, 11) is 0. The monoisotopic (exact) mass is 1640 g/mol. The van der Waals surface area contributed by atoms with Crippen molar-refractivity contribution in [3.63, 3.8) is 0 Å². The Morgan fingerprint density at radius 1 is 0.304 bits per heavy atom. The number of unbranched alkanes of at least 4 members (excludes halogenated alkanes) is 67. The minimum atomic E-state index is -1.98. The van der Waals surface area contributed by atoms with Crippen molar-refractivity contribution < 1.29 is 89.4 Å². The van der Waals surface area contributed by atoms with Crippen LogP contribution in [0.2, 0.25) is 0 Å². The maximum Gasteiger partial charge on any atom is 0.220 e. The molecular weight excluding hydrogens is 1460 g/mol. The zero-order chi connectivity index (χ0) is 83.1. The van der Waals surface area contributed by atoms with Crippen LogP contribution >= 0.6 is 0 Å². The van der Waals surface area contributed by atoms with Crippen LogP contribution in [0.15, 0.2) is 12.2 Å². The van der Waals surface area contributed by atoms with Crippen molar-refractivity contribution in [1.29, 1.82) is 0 Å². The molecule has 1 amide bonds. The van der Waals surface area contributed by atoms with Gasteiger partial charge in [0, 0.05) is 6.42 Å². The number of aliphatic hydroxyl groups is 11. The van der Waals surface area contributed by atoms with Gasteiger partial charge in [-0.1, -0.05) is 450 Å². The normalized spacial score (nSPS) is 24.5. The van der Waals surface area contributed by atoms with Crippen LogP contribution < -0.4 is 5.32 Å². The molecule has 3 aliphatic rings. The van der Waals surface area contributed by atoms with E-state index in [0.717, 1.165) is 44.9 Å². The Labute approximate surface area is 703 Å². The van der Waals surface area contributed by atoms with Crippen molar-refractivity contribution in [1.82, 2.24) is 5.32 Å². The molecule has 3 aliphatic heterocycles. The summed E-state index contributed by atoms with van der Waals surface area (Å²) in [6.07, 6.45) is 69.7. The van der Waals surface area contributed by atoms with Gasteiger partial charge in [-0.2, -0.15) is 0 Å². The highest BCUT2D eigenvalue weighted by Gasteiger charge is 2.54. The molecule has 0 spiro atoms. The minimum Gasteiger partial charge on any atom is -0.394 e. The van der Waals surface area contributed by atoms with E-state index in [0.29, 0.717) is 6.42 Å². The minimum absolute atomic E-state index is 0.251. The van der Waals surface area contributed by atoms with Crippen molar-refractivity contribution in [2.45, 2.75) is 568 Å². The van der Waals surface area contributed by atoms with Crippen LogP contribution in [0, 0.1) is 0 Å². The molecule has 3 saturated heterocycles. The number of hydrogen-bond donors (Lipinski definition) is 12. The van der Waals surface area contributed by atoms with Crippen LogP contribution in [0.3, 0.4) is 0 Å². The van der Waals surface area contributed by atoms with Crippen LogP contribution in [-0.2, 0) is 33.2 Å². The molecule has 12 N–H and O–H groups in total. The van der Waals surface area contributed by atoms with E-state index >= 15 is 0 Å². The van der Waals surface area contributed by atoms with Gasteiger partial charge >= 0.3 is 0 Å². The Kier molecular flexibility index (Phi) is 71.4. The molecule has 0 aromatic carbocycles. The average Bonchev–Trinajstić information content (AvgIpc) is 0.779. The number of amides is 1. The standard InChI is InChI=1S/C96H185NO18/c1-3-5-7-9-11-13-15-17-19-21-23-25-27-29-31-33-35-37-38-39-40-42-44-46-48-50-52-54-56-58-60-62-64-66-68-70-72-74-84(102)97-79(80(101)73-71-69-67-65-63-61-59-57-55-53-51-49-47-45-43-41-36-34-32-30-28-26-24-22-20-18-16-14-12-10-8-6-4-2)78-110-94-90(108)87(105)92(82(76-99)112-94)115-96-91(109)88(106)93(83(77-100)113-96)114-95-89(107)86(104)85(103)81(75-98)111-95/h71,73,79-83,85-96,98-101,103-109H,3-70,72,74-78H2,1-2H3,(H,97,102)/b73-71+.